The highest BCUT2D eigenvalue weighted by molar-refractivity contribution is 5.25. The van der Waals surface area contributed by atoms with Crippen molar-refractivity contribution in [3.8, 4) is 0 Å². The van der Waals surface area contributed by atoms with Crippen molar-refractivity contribution in [2.45, 2.75) is 32.2 Å². The number of piperidine rings is 1. The van der Waals surface area contributed by atoms with Gasteiger partial charge >= 0.3 is 0 Å². The van der Waals surface area contributed by atoms with Crippen LogP contribution >= 0.6 is 0 Å². The lowest BCUT2D eigenvalue weighted by molar-refractivity contribution is 0.205. The first-order chi connectivity index (χ1) is 8.27. The minimum Gasteiger partial charge on any atom is -0.315 e. The maximum Gasteiger partial charge on any atom is 0.0218 e. The Labute approximate surface area is 105 Å². The third-order valence-corrected chi connectivity index (χ3v) is 3.89. The van der Waals surface area contributed by atoms with Crippen molar-refractivity contribution >= 4 is 0 Å². The van der Waals surface area contributed by atoms with E-state index in [1.165, 1.54) is 36.9 Å². The van der Waals surface area contributed by atoms with E-state index in [1.54, 1.807) is 0 Å². The monoisotopic (exact) mass is 232 g/mol. The van der Waals surface area contributed by atoms with Crippen molar-refractivity contribution in [1.29, 1.82) is 0 Å². The van der Waals surface area contributed by atoms with Gasteiger partial charge in [-0.2, -0.15) is 0 Å². The molecular formula is C15H24N2. The van der Waals surface area contributed by atoms with Crippen LogP contribution in [0.15, 0.2) is 24.3 Å². The van der Waals surface area contributed by atoms with E-state index in [1.807, 2.05) is 0 Å². The summed E-state index contributed by atoms with van der Waals surface area (Å²) in [6, 6.07) is 9.45. The number of nitrogens with one attached hydrogen (secondary N) is 1. The Balaban J connectivity index is 1.83. The summed E-state index contributed by atoms with van der Waals surface area (Å²) in [4.78, 5) is 2.51. The van der Waals surface area contributed by atoms with Gasteiger partial charge in [0.25, 0.3) is 0 Å². The molecule has 1 unspecified atom stereocenters. The Morgan fingerprint density at radius 2 is 2.18 bits per heavy atom. The molecule has 2 rings (SSSR count). The Hall–Kier alpha value is -0.860. The molecule has 0 saturated carbocycles. The van der Waals surface area contributed by atoms with Gasteiger partial charge in [0.2, 0.25) is 0 Å². The van der Waals surface area contributed by atoms with Gasteiger partial charge in [0, 0.05) is 19.1 Å². The predicted octanol–water partition coefficient (Wildman–Crippen LogP) is 2.22. The Kier molecular flexibility index (Phi) is 4.57. The largest absolute Gasteiger partial charge is 0.315 e. The zero-order valence-corrected chi connectivity index (χ0v) is 11.1. The van der Waals surface area contributed by atoms with Crippen LogP contribution in [0.5, 0.6) is 0 Å². The second kappa shape index (κ2) is 6.18. The summed E-state index contributed by atoms with van der Waals surface area (Å²) in [5.74, 6) is 0. The van der Waals surface area contributed by atoms with E-state index in [4.69, 9.17) is 0 Å². The third-order valence-electron chi connectivity index (χ3n) is 3.89. The average Bonchev–Trinajstić information content (AvgIpc) is 2.38. The van der Waals surface area contributed by atoms with E-state index < -0.39 is 0 Å². The smallest absolute Gasteiger partial charge is 0.0218 e. The second-order valence-corrected chi connectivity index (χ2v) is 5.16. The molecule has 2 nitrogen and oxygen atoms in total. The topological polar surface area (TPSA) is 15.3 Å². The molecule has 1 aromatic carbocycles. The molecule has 0 aliphatic carbocycles. The fraction of sp³-hybridized carbons (Fsp3) is 0.600. The molecule has 1 heterocycles. The molecule has 1 aliphatic rings. The fourth-order valence-electron chi connectivity index (χ4n) is 2.58. The Morgan fingerprint density at radius 1 is 1.35 bits per heavy atom. The van der Waals surface area contributed by atoms with Gasteiger partial charge in [0.1, 0.15) is 0 Å². The summed E-state index contributed by atoms with van der Waals surface area (Å²) in [6.07, 6.45) is 3.83. The number of hydrogen-bond acceptors (Lipinski definition) is 2. The lowest BCUT2D eigenvalue weighted by Gasteiger charge is -2.31. The number of nitrogens with zero attached hydrogens (tertiary/aromatic N) is 1. The summed E-state index contributed by atoms with van der Waals surface area (Å²) < 4.78 is 0. The zero-order chi connectivity index (χ0) is 12.1. The number of likely N-dealkylation sites (N-methyl/N-ethyl adjacent to an activating group) is 1. The van der Waals surface area contributed by atoms with Crippen molar-refractivity contribution in [1.82, 2.24) is 10.2 Å². The first-order valence-corrected chi connectivity index (χ1v) is 6.73. The molecule has 1 aromatic rings. The van der Waals surface area contributed by atoms with E-state index in [0.717, 1.165) is 19.1 Å². The number of aryl methyl sites for hydroxylation is 1. The van der Waals surface area contributed by atoms with Crippen LogP contribution in [0.25, 0.3) is 0 Å². The highest BCUT2D eigenvalue weighted by atomic mass is 15.2. The van der Waals surface area contributed by atoms with Crippen LogP contribution in [0, 0.1) is 6.92 Å². The van der Waals surface area contributed by atoms with Crippen LogP contribution in [-0.2, 0) is 6.42 Å². The molecule has 17 heavy (non-hydrogen) atoms. The SMILES string of the molecule is Cc1ccccc1CCN(C)C1CCCNC1. The van der Waals surface area contributed by atoms with Gasteiger partial charge in [-0.1, -0.05) is 24.3 Å². The fourth-order valence-corrected chi connectivity index (χ4v) is 2.58. The molecular weight excluding hydrogens is 208 g/mol. The van der Waals surface area contributed by atoms with Crippen molar-refractivity contribution in [3.05, 3.63) is 35.4 Å². The van der Waals surface area contributed by atoms with Gasteiger partial charge in [-0.3, -0.25) is 0 Å². The van der Waals surface area contributed by atoms with Crippen molar-refractivity contribution < 1.29 is 0 Å². The second-order valence-electron chi connectivity index (χ2n) is 5.16. The van der Waals surface area contributed by atoms with Crippen LogP contribution in [0.4, 0.5) is 0 Å². The molecule has 2 heteroatoms. The zero-order valence-electron chi connectivity index (χ0n) is 11.1. The summed E-state index contributed by atoms with van der Waals surface area (Å²) >= 11 is 0. The highest BCUT2D eigenvalue weighted by Gasteiger charge is 2.17. The summed E-state index contributed by atoms with van der Waals surface area (Å²) in [5, 5.41) is 3.48. The van der Waals surface area contributed by atoms with Crippen LogP contribution in [0.1, 0.15) is 24.0 Å². The molecule has 1 saturated heterocycles. The van der Waals surface area contributed by atoms with Gasteiger partial charge in [-0.25, -0.2) is 0 Å². The summed E-state index contributed by atoms with van der Waals surface area (Å²) in [6.45, 7) is 5.72. The van der Waals surface area contributed by atoms with Crippen LogP contribution in [0.3, 0.4) is 0 Å². The van der Waals surface area contributed by atoms with Crippen molar-refractivity contribution in [3.63, 3.8) is 0 Å². The first kappa shape index (κ1) is 12.6. The minimum atomic E-state index is 0.729. The van der Waals surface area contributed by atoms with Gasteiger partial charge < -0.3 is 10.2 Å². The molecule has 0 amide bonds. The minimum absolute atomic E-state index is 0.729. The number of rotatable bonds is 4. The van der Waals surface area contributed by atoms with Crippen molar-refractivity contribution in [2.75, 3.05) is 26.7 Å². The average molecular weight is 232 g/mol. The predicted molar refractivity (Wildman–Crippen MR) is 73.4 cm³/mol. The van der Waals surface area contributed by atoms with Crippen molar-refractivity contribution in [2.24, 2.45) is 0 Å². The third kappa shape index (κ3) is 3.55. The summed E-state index contributed by atoms with van der Waals surface area (Å²) in [7, 11) is 2.26. The van der Waals surface area contributed by atoms with E-state index in [2.05, 4.69) is 48.5 Å². The molecule has 1 N–H and O–H groups in total. The van der Waals surface area contributed by atoms with E-state index in [0.29, 0.717) is 0 Å². The molecule has 94 valence electrons. The quantitative estimate of drug-likeness (QED) is 0.856. The van der Waals surface area contributed by atoms with E-state index in [-0.39, 0.29) is 0 Å². The normalized spacial score (nSPS) is 20.8. The van der Waals surface area contributed by atoms with Gasteiger partial charge in [0.05, 0.1) is 0 Å². The lowest BCUT2D eigenvalue weighted by Crippen LogP contribution is -2.44. The van der Waals surface area contributed by atoms with Crippen LogP contribution in [0.2, 0.25) is 0 Å². The molecule has 0 aromatic heterocycles. The molecule has 1 atom stereocenters. The molecule has 0 bridgehead atoms. The maximum atomic E-state index is 3.48. The molecule has 0 spiro atoms. The lowest BCUT2D eigenvalue weighted by atomic mass is 10.0. The maximum absolute atomic E-state index is 3.48. The Morgan fingerprint density at radius 3 is 2.88 bits per heavy atom. The van der Waals surface area contributed by atoms with E-state index >= 15 is 0 Å². The first-order valence-electron chi connectivity index (χ1n) is 6.73. The van der Waals surface area contributed by atoms with Gasteiger partial charge in [-0.15, -0.1) is 0 Å². The van der Waals surface area contributed by atoms with E-state index in [9.17, 15) is 0 Å². The molecule has 1 fully saturated rings. The van der Waals surface area contributed by atoms with Gasteiger partial charge in [0.15, 0.2) is 0 Å². The molecule has 1 aliphatic heterocycles. The standard InChI is InChI=1S/C15H24N2/c1-13-6-3-4-7-14(13)9-11-17(2)15-8-5-10-16-12-15/h3-4,6-7,15-16H,5,8-12H2,1-2H3. The number of benzene rings is 1. The highest BCUT2D eigenvalue weighted by Crippen LogP contribution is 2.12. The van der Waals surface area contributed by atoms with Crippen LogP contribution < -0.4 is 5.32 Å². The van der Waals surface area contributed by atoms with Gasteiger partial charge in [-0.05, 0) is 50.9 Å². The van der Waals surface area contributed by atoms with Crippen LogP contribution in [-0.4, -0.2) is 37.6 Å². The molecule has 0 radical (unpaired) electrons. The number of hydrogen-bond donors (Lipinski definition) is 1. The Bertz CT molecular complexity index is 343. The summed E-state index contributed by atoms with van der Waals surface area (Å²) in [5.41, 5.74) is 2.91.